The first kappa shape index (κ1) is 12.4. The molecule has 1 aliphatic heterocycles. The predicted octanol–water partition coefficient (Wildman–Crippen LogP) is 2.89. The summed E-state index contributed by atoms with van der Waals surface area (Å²) in [5.74, 6) is 0. The van der Waals surface area contributed by atoms with Crippen molar-refractivity contribution >= 4 is 0 Å². The molecular formula is C12H14F3NO. The number of hydrogen-bond donors (Lipinski definition) is 1. The summed E-state index contributed by atoms with van der Waals surface area (Å²) in [5.41, 5.74) is -0.630. The average Bonchev–Trinajstić information content (AvgIpc) is 2.59. The van der Waals surface area contributed by atoms with Gasteiger partial charge in [0.1, 0.15) is 5.72 Å². The van der Waals surface area contributed by atoms with Crippen molar-refractivity contribution < 1.29 is 17.9 Å². The Bertz CT molecular complexity index is 401. The molecule has 0 amide bonds. The number of ether oxygens (including phenoxy) is 1. The Balaban J connectivity index is 2.24. The van der Waals surface area contributed by atoms with E-state index in [9.17, 15) is 13.2 Å². The van der Waals surface area contributed by atoms with Gasteiger partial charge in [-0.2, -0.15) is 13.2 Å². The molecule has 1 saturated heterocycles. The van der Waals surface area contributed by atoms with E-state index in [1.54, 1.807) is 0 Å². The fourth-order valence-electron chi connectivity index (χ4n) is 1.99. The first-order chi connectivity index (χ1) is 7.81. The lowest BCUT2D eigenvalue weighted by molar-refractivity contribution is -0.137. The Morgan fingerprint density at radius 1 is 1.29 bits per heavy atom. The van der Waals surface area contributed by atoms with Crippen molar-refractivity contribution in [3.63, 3.8) is 0 Å². The van der Waals surface area contributed by atoms with E-state index in [0.29, 0.717) is 12.2 Å². The minimum atomic E-state index is -4.29. The van der Waals surface area contributed by atoms with Crippen LogP contribution in [0, 0.1) is 0 Å². The molecule has 1 aliphatic rings. The highest BCUT2D eigenvalue weighted by molar-refractivity contribution is 5.28. The van der Waals surface area contributed by atoms with Crippen molar-refractivity contribution in [1.82, 2.24) is 5.32 Å². The highest BCUT2D eigenvalue weighted by Gasteiger charge is 2.36. The number of halogens is 3. The van der Waals surface area contributed by atoms with Crippen LogP contribution in [0.5, 0.6) is 0 Å². The number of hydrogen-bond acceptors (Lipinski definition) is 2. The number of benzene rings is 1. The highest BCUT2D eigenvalue weighted by Crippen LogP contribution is 2.32. The Morgan fingerprint density at radius 3 is 2.29 bits per heavy atom. The van der Waals surface area contributed by atoms with Crippen LogP contribution in [0.2, 0.25) is 0 Å². The Labute approximate surface area is 97.8 Å². The molecule has 0 aromatic heterocycles. The van der Waals surface area contributed by atoms with Gasteiger partial charge in [0.25, 0.3) is 0 Å². The third-order valence-corrected chi connectivity index (χ3v) is 2.91. The van der Waals surface area contributed by atoms with Crippen LogP contribution in [0.15, 0.2) is 24.3 Å². The fraction of sp³-hybridized carbons (Fsp3) is 0.500. The van der Waals surface area contributed by atoms with Gasteiger partial charge in [-0.05, 0) is 31.5 Å². The van der Waals surface area contributed by atoms with Gasteiger partial charge in [-0.25, -0.2) is 0 Å². The van der Waals surface area contributed by atoms with Gasteiger partial charge in [-0.15, -0.1) is 0 Å². The van der Waals surface area contributed by atoms with Gasteiger partial charge >= 0.3 is 6.18 Å². The van der Waals surface area contributed by atoms with Gasteiger partial charge < -0.3 is 4.74 Å². The molecule has 94 valence electrons. The van der Waals surface area contributed by atoms with Crippen molar-refractivity contribution in [2.45, 2.75) is 31.8 Å². The number of nitrogens with one attached hydrogen (secondary N) is 1. The second-order valence-electron chi connectivity index (χ2n) is 4.46. The molecule has 17 heavy (non-hydrogen) atoms. The van der Waals surface area contributed by atoms with E-state index in [4.69, 9.17) is 4.74 Å². The molecule has 0 spiro atoms. The maximum absolute atomic E-state index is 12.4. The van der Waals surface area contributed by atoms with Crippen LogP contribution in [0.3, 0.4) is 0 Å². The van der Waals surface area contributed by atoms with E-state index in [2.05, 4.69) is 5.32 Å². The van der Waals surface area contributed by atoms with Gasteiger partial charge in [0.05, 0.1) is 12.2 Å². The van der Waals surface area contributed by atoms with Gasteiger partial charge in [-0.1, -0.05) is 12.1 Å². The normalized spacial score (nSPS) is 29.6. The summed E-state index contributed by atoms with van der Waals surface area (Å²) in [7, 11) is 0. The molecule has 1 aromatic carbocycles. The zero-order valence-electron chi connectivity index (χ0n) is 9.64. The number of rotatable bonds is 1. The van der Waals surface area contributed by atoms with Crippen LogP contribution in [-0.4, -0.2) is 12.6 Å². The van der Waals surface area contributed by atoms with E-state index < -0.39 is 17.5 Å². The van der Waals surface area contributed by atoms with E-state index in [-0.39, 0.29) is 6.04 Å². The molecule has 5 heteroatoms. The van der Waals surface area contributed by atoms with Crippen LogP contribution in [-0.2, 0) is 16.6 Å². The molecule has 2 rings (SSSR count). The summed E-state index contributed by atoms with van der Waals surface area (Å²) in [4.78, 5) is 0. The molecule has 0 aliphatic carbocycles. The molecule has 1 fully saturated rings. The van der Waals surface area contributed by atoms with Crippen molar-refractivity contribution in [3.05, 3.63) is 35.4 Å². The SMILES string of the molecule is CC1COC(C)(c2ccc(C(F)(F)F)cc2)N1. The summed E-state index contributed by atoms with van der Waals surface area (Å²) in [6.45, 7) is 4.34. The van der Waals surface area contributed by atoms with E-state index in [1.165, 1.54) is 12.1 Å². The van der Waals surface area contributed by atoms with E-state index >= 15 is 0 Å². The average molecular weight is 245 g/mol. The maximum Gasteiger partial charge on any atom is 0.416 e. The van der Waals surface area contributed by atoms with Gasteiger partial charge in [0.2, 0.25) is 0 Å². The minimum absolute atomic E-state index is 0.197. The lowest BCUT2D eigenvalue weighted by Gasteiger charge is -2.25. The monoisotopic (exact) mass is 245 g/mol. The molecule has 0 bridgehead atoms. The third-order valence-electron chi connectivity index (χ3n) is 2.91. The lowest BCUT2D eigenvalue weighted by atomic mass is 10.0. The molecule has 1 heterocycles. The van der Waals surface area contributed by atoms with Crippen LogP contribution in [0.25, 0.3) is 0 Å². The summed E-state index contributed by atoms with van der Waals surface area (Å²) in [6, 6.07) is 5.26. The predicted molar refractivity (Wildman–Crippen MR) is 57.3 cm³/mol. The van der Waals surface area contributed by atoms with Crippen molar-refractivity contribution in [1.29, 1.82) is 0 Å². The Hall–Kier alpha value is -1.07. The Morgan fingerprint density at radius 2 is 1.88 bits per heavy atom. The minimum Gasteiger partial charge on any atom is -0.355 e. The quantitative estimate of drug-likeness (QED) is 0.821. The zero-order valence-corrected chi connectivity index (χ0v) is 9.64. The highest BCUT2D eigenvalue weighted by atomic mass is 19.4. The largest absolute Gasteiger partial charge is 0.416 e. The standard InChI is InChI=1S/C12H14F3NO/c1-8-7-17-11(2,16-8)9-3-5-10(6-4-9)12(13,14)15/h3-6,8,16H,7H2,1-2H3. The van der Waals surface area contributed by atoms with Gasteiger partial charge in [0, 0.05) is 6.04 Å². The molecule has 2 atom stereocenters. The molecule has 0 radical (unpaired) electrons. The maximum atomic E-state index is 12.4. The van der Waals surface area contributed by atoms with Crippen LogP contribution >= 0.6 is 0 Å². The number of alkyl halides is 3. The second-order valence-corrected chi connectivity index (χ2v) is 4.46. The van der Waals surface area contributed by atoms with Crippen LogP contribution in [0.1, 0.15) is 25.0 Å². The molecule has 1 N–H and O–H groups in total. The summed E-state index contributed by atoms with van der Waals surface area (Å²) in [5, 5.41) is 3.20. The van der Waals surface area contributed by atoms with Crippen LogP contribution < -0.4 is 5.32 Å². The van der Waals surface area contributed by atoms with Crippen LogP contribution in [0.4, 0.5) is 13.2 Å². The molecule has 1 aromatic rings. The fourth-order valence-corrected chi connectivity index (χ4v) is 1.99. The van der Waals surface area contributed by atoms with Crippen molar-refractivity contribution in [2.75, 3.05) is 6.61 Å². The Kier molecular flexibility index (Phi) is 2.91. The van der Waals surface area contributed by atoms with E-state index in [1.807, 2.05) is 13.8 Å². The lowest BCUT2D eigenvalue weighted by Crippen LogP contribution is -2.37. The summed E-state index contributed by atoms with van der Waals surface area (Å²) < 4.78 is 42.8. The molecule has 2 nitrogen and oxygen atoms in total. The summed E-state index contributed by atoms with van der Waals surface area (Å²) >= 11 is 0. The third kappa shape index (κ3) is 2.45. The first-order valence-corrected chi connectivity index (χ1v) is 5.41. The molecule has 0 saturated carbocycles. The van der Waals surface area contributed by atoms with Crippen molar-refractivity contribution in [2.24, 2.45) is 0 Å². The van der Waals surface area contributed by atoms with Gasteiger partial charge in [0.15, 0.2) is 0 Å². The second kappa shape index (κ2) is 3.99. The summed E-state index contributed by atoms with van der Waals surface area (Å²) in [6.07, 6.45) is -4.29. The van der Waals surface area contributed by atoms with Gasteiger partial charge in [-0.3, -0.25) is 5.32 Å². The van der Waals surface area contributed by atoms with Crippen molar-refractivity contribution in [3.8, 4) is 0 Å². The zero-order chi connectivity index (χ0) is 12.7. The van der Waals surface area contributed by atoms with E-state index in [0.717, 1.165) is 12.1 Å². The smallest absolute Gasteiger partial charge is 0.355 e. The first-order valence-electron chi connectivity index (χ1n) is 5.41. The topological polar surface area (TPSA) is 21.3 Å². The molecule has 2 unspecified atom stereocenters. The molecular weight excluding hydrogens is 231 g/mol.